The van der Waals surface area contributed by atoms with Crippen molar-refractivity contribution < 1.29 is 15.3 Å². The highest BCUT2D eigenvalue weighted by atomic mass is 16.3. The fourth-order valence-corrected chi connectivity index (χ4v) is 5.58. The smallest absolute Gasteiger partial charge is 0.336 e. The molecule has 0 aromatic carbocycles. The lowest BCUT2D eigenvalue weighted by atomic mass is 10.1. The molecule has 12 nitrogen and oxygen atoms in total. The van der Waals surface area contributed by atoms with Crippen LogP contribution < -0.4 is 22.4 Å². The van der Waals surface area contributed by atoms with Crippen molar-refractivity contribution in [2.75, 3.05) is 53.4 Å². The lowest BCUT2D eigenvalue weighted by molar-refractivity contribution is 0.0875. The minimum atomic E-state index is -1.05. The van der Waals surface area contributed by atoms with Crippen molar-refractivity contribution >= 4 is 0 Å². The van der Waals surface area contributed by atoms with Crippen molar-refractivity contribution in [3.05, 3.63) is 31.5 Å². The van der Waals surface area contributed by atoms with Gasteiger partial charge in [0.25, 0.3) is 0 Å². The monoisotopic (exact) mass is 628 g/mol. The molecule has 1 aromatic heterocycles. The molecule has 0 radical (unpaired) electrons. The van der Waals surface area contributed by atoms with Crippen LogP contribution in [-0.4, -0.2) is 110 Å². The van der Waals surface area contributed by atoms with Crippen LogP contribution in [0.15, 0.2) is 14.4 Å². The third-order valence-electron chi connectivity index (χ3n) is 8.05. The third kappa shape index (κ3) is 15.4. The first-order chi connectivity index (χ1) is 21.1. The first-order valence-corrected chi connectivity index (χ1v) is 17.1. The molecule has 0 spiro atoms. The van der Waals surface area contributed by atoms with Crippen LogP contribution in [-0.2, 0) is 19.6 Å². The second-order valence-corrected chi connectivity index (χ2v) is 12.4. The number of aromatic nitrogens is 3. The molecule has 0 aliphatic rings. The number of unbranched alkanes of at least 4 members (excludes halogenated alkanes) is 9. The van der Waals surface area contributed by atoms with E-state index in [4.69, 9.17) is 0 Å². The van der Waals surface area contributed by atoms with Gasteiger partial charge in [-0.3, -0.25) is 0 Å². The molecule has 3 atom stereocenters. The SMILES string of the molecule is CCCCCCN(C)CC(O)Cn1c(=O)n(CC(O)CNC)c(=O)n(CC(O)CN(CCCCCC)CCCCCC)c1=O. The van der Waals surface area contributed by atoms with Crippen LogP contribution in [0.3, 0.4) is 0 Å². The summed E-state index contributed by atoms with van der Waals surface area (Å²) in [6.07, 6.45) is 10.1. The summed E-state index contributed by atoms with van der Waals surface area (Å²) in [6.45, 7) is 8.73. The lowest BCUT2D eigenvalue weighted by Crippen LogP contribution is -2.58. The molecule has 0 aliphatic carbocycles. The summed E-state index contributed by atoms with van der Waals surface area (Å²) in [5, 5.41) is 35.2. The van der Waals surface area contributed by atoms with Crippen LogP contribution in [0.4, 0.5) is 0 Å². The number of likely N-dealkylation sites (N-methyl/N-ethyl adjacent to an activating group) is 2. The number of nitrogens with zero attached hydrogens (tertiary/aromatic N) is 5. The van der Waals surface area contributed by atoms with Gasteiger partial charge in [0.2, 0.25) is 0 Å². The number of nitrogens with one attached hydrogen (secondary N) is 1. The van der Waals surface area contributed by atoms with Crippen molar-refractivity contribution in [2.45, 2.75) is 136 Å². The van der Waals surface area contributed by atoms with Crippen molar-refractivity contribution in [3.63, 3.8) is 0 Å². The Hall–Kier alpha value is -1.83. The Bertz CT molecular complexity index is 1050. The predicted octanol–water partition coefficient (Wildman–Crippen LogP) is 1.45. The van der Waals surface area contributed by atoms with Gasteiger partial charge < -0.3 is 30.4 Å². The predicted molar refractivity (Wildman–Crippen MR) is 178 cm³/mol. The summed E-state index contributed by atoms with van der Waals surface area (Å²) >= 11 is 0. The molecule has 1 rings (SSSR count). The zero-order chi connectivity index (χ0) is 32.9. The Morgan fingerprint density at radius 1 is 0.591 bits per heavy atom. The average molecular weight is 629 g/mol. The Kier molecular flexibility index (Phi) is 21.5. The molecule has 4 N–H and O–H groups in total. The molecular weight excluding hydrogens is 564 g/mol. The fourth-order valence-electron chi connectivity index (χ4n) is 5.58. The van der Waals surface area contributed by atoms with Gasteiger partial charge in [-0.1, -0.05) is 78.6 Å². The maximum absolute atomic E-state index is 13.5. The molecule has 0 amide bonds. The van der Waals surface area contributed by atoms with Gasteiger partial charge in [-0.2, -0.15) is 0 Å². The second-order valence-electron chi connectivity index (χ2n) is 12.4. The average Bonchev–Trinajstić information content (AvgIpc) is 2.98. The summed E-state index contributed by atoms with van der Waals surface area (Å²) < 4.78 is 2.58. The highest BCUT2D eigenvalue weighted by Crippen LogP contribution is 2.07. The zero-order valence-corrected chi connectivity index (χ0v) is 28.4. The van der Waals surface area contributed by atoms with E-state index in [-0.39, 0.29) is 32.7 Å². The summed E-state index contributed by atoms with van der Waals surface area (Å²) in [6, 6.07) is 0. The van der Waals surface area contributed by atoms with E-state index in [1.165, 1.54) is 0 Å². The van der Waals surface area contributed by atoms with Gasteiger partial charge in [-0.05, 0) is 53.0 Å². The molecule has 0 fully saturated rings. The van der Waals surface area contributed by atoms with E-state index in [1.54, 1.807) is 7.05 Å². The standard InChI is InChI=1S/C32H64N6O6/c1-6-9-12-15-18-34(5)22-28(40)25-37-30(42)36(24-27(39)21-33-4)31(43)38(32(37)44)26-29(41)23-35(19-16-13-10-7-2)20-17-14-11-8-3/h27-29,33,39-41H,6-26H2,1-5H3. The Morgan fingerprint density at radius 3 is 1.39 bits per heavy atom. The van der Waals surface area contributed by atoms with Gasteiger partial charge in [0, 0.05) is 19.6 Å². The van der Waals surface area contributed by atoms with Crippen molar-refractivity contribution in [3.8, 4) is 0 Å². The van der Waals surface area contributed by atoms with Crippen LogP contribution in [0.5, 0.6) is 0 Å². The van der Waals surface area contributed by atoms with Crippen LogP contribution in [0, 0.1) is 0 Å². The highest BCUT2D eigenvalue weighted by Gasteiger charge is 2.22. The first kappa shape index (κ1) is 40.2. The lowest BCUT2D eigenvalue weighted by Gasteiger charge is -2.26. The Balaban J connectivity index is 3.22. The molecule has 1 aromatic rings. The molecule has 12 heteroatoms. The summed E-state index contributed by atoms with van der Waals surface area (Å²) in [5.41, 5.74) is -2.61. The summed E-state index contributed by atoms with van der Waals surface area (Å²) in [5.74, 6) is 0. The van der Waals surface area contributed by atoms with Crippen LogP contribution in [0.25, 0.3) is 0 Å². The zero-order valence-electron chi connectivity index (χ0n) is 28.4. The van der Waals surface area contributed by atoms with Gasteiger partial charge in [-0.25, -0.2) is 28.1 Å². The fraction of sp³-hybridized carbons (Fsp3) is 0.906. The molecule has 0 bridgehead atoms. The molecule has 258 valence electrons. The van der Waals surface area contributed by atoms with Crippen molar-refractivity contribution in [1.82, 2.24) is 28.8 Å². The van der Waals surface area contributed by atoms with Gasteiger partial charge in [0.1, 0.15) is 0 Å². The molecule has 44 heavy (non-hydrogen) atoms. The van der Waals surface area contributed by atoms with E-state index in [0.717, 1.165) is 110 Å². The molecule has 0 aliphatic heterocycles. The van der Waals surface area contributed by atoms with Gasteiger partial charge in [-0.15, -0.1) is 0 Å². The van der Waals surface area contributed by atoms with E-state index >= 15 is 0 Å². The number of hydrogen-bond donors (Lipinski definition) is 4. The second kappa shape index (κ2) is 23.5. The first-order valence-electron chi connectivity index (χ1n) is 17.1. The molecule has 0 saturated carbocycles. The number of hydrogen-bond acceptors (Lipinski definition) is 9. The van der Waals surface area contributed by atoms with Crippen LogP contribution in [0.2, 0.25) is 0 Å². The molecule has 1 heterocycles. The van der Waals surface area contributed by atoms with E-state index in [1.807, 2.05) is 11.9 Å². The quantitative estimate of drug-likeness (QED) is 0.106. The minimum absolute atomic E-state index is 0.143. The van der Waals surface area contributed by atoms with Gasteiger partial charge in [0.05, 0.1) is 37.9 Å². The van der Waals surface area contributed by atoms with Crippen LogP contribution in [0.1, 0.15) is 97.8 Å². The molecule has 3 unspecified atom stereocenters. The summed E-state index contributed by atoms with van der Waals surface area (Å²) in [4.78, 5) is 44.5. The van der Waals surface area contributed by atoms with Crippen molar-refractivity contribution in [1.29, 1.82) is 0 Å². The van der Waals surface area contributed by atoms with Gasteiger partial charge >= 0.3 is 17.1 Å². The van der Waals surface area contributed by atoms with Crippen LogP contribution >= 0.6 is 0 Å². The Labute approximate surface area is 264 Å². The molecular formula is C32H64N6O6. The Morgan fingerprint density at radius 2 is 0.977 bits per heavy atom. The minimum Gasteiger partial charge on any atom is -0.390 e. The highest BCUT2D eigenvalue weighted by molar-refractivity contribution is 4.83. The summed E-state index contributed by atoms with van der Waals surface area (Å²) in [7, 11) is 3.53. The number of rotatable bonds is 27. The topological polar surface area (TPSA) is 145 Å². The van der Waals surface area contributed by atoms with Crippen molar-refractivity contribution in [2.24, 2.45) is 0 Å². The largest absolute Gasteiger partial charge is 0.390 e. The number of aliphatic hydroxyl groups excluding tert-OH is 3. The number of aliphatic hydroxyl groups is 3. The van der Waals surface area contributed by atoms with E-state index in [2.05, 4.69) is 31.0 Å². The third-order valence-corrected chi connectivity index (χ3v) is 8.05. The van der Waals surface area contributed by atoms with E-state index < -0.39 is 35.4 Å². The maximum Gasteiger partial charge on any atom is 0.336 e. The van der Waals surface area contributed by atoms with E-state index in [9.17, 15) is 29.7 Å². The maximum atomic E-state index is 13.5. The normalized spacial score (nSPS) is 14.0. The molecule has 0 saturated heterocycles. The van der Waals surface area contributed by atoms with Gasteiger partial charge in [0.15, 0.2) is 0 Å². The van der Waals surface area contributed by atoms with E-state index in [0.29, 0.717) is 6.54 Å².